The van der Waals surface area contributed by atoms with E-state index in [0.29, 0.717) is 12.8 Å². The molecular weight excluding hydrogens is 792 g/mol. The molecule has 340 valence electrons. The highest BCUT2D eigenvalue weighted by molar-refractivity contribution is 5.77. The second-order valence-electron chi connectivity index (χ2n) is 17.4. The number of hydrogen-bond acceptors (Lipinski definition) is 22. The van der Waals surface area contributed by atoms with Crippen LogP contribution in [0.3, 0.4) is 0 Å². The van der Waals surface area contributed by atoms with Crippen LogP contribution < -0.4 is 33.6 Å². The number of hydrogen-bond donors (Lipinski definition) is 12. The summed E-state index contributed by atoms with van der Waals surface area (Å²) in [4.78, 5) is 9.53. The largest absolute Gasteiger partial charge is 0.462 e. The van der Waals surface area contributed by atoms with E-state index in [-0.39, 0.29) is 37.6 Å². The van der Waals surface area contributed by atoms with Crippen molar-refractivity contribution in [2.45, 2.75) is 173 Å². The molecule has 2 saturated carbocycles. The van der Waals surface area contributed by atoms with Gasteiger partial charge >= 0.3 is 0 Å². The third kappa shape index (κ3) is 9.32. The smallest absolute Gasteiger partial charge is 0.215 e. The number of nitrogens with zero attached hydrogens (tertiary/aromatic N) is 2. The molecule has 0 spiro atoms. The van der Waals surface area contributed by atoms with Crippen LogP contribution in [0.5, 0.6) is 0 Å². The summed E-state index contributed by atoms with van der Waals surface area (Å²) in [5.74, 6) is 0.569. The van der Waals surface area contributed by atoms with Gasteiger partial charge in [0.2, 0.25) is 12.6 Å². The number of rotatable bonds is 6. The summed E-state index contributed by atoms with van der Waals surface area (Å²) in [5, 5.41) is 73.3. The zero-order valence-electron chi connectivity index (χ0n) is 34.3. The van der Waals surface area contributed by atoms with Gasteiger partial charge in [-0.1, -0.05) is 0 Å². The lowest BCUT2D eigenvalue weighted by Crippen LogP contribution is -2.68. The first-order chi connectivity index (χ1) is 28.4. The predicted molar refractivity (Wildman–Crippen MR) is 211 cm³/mol. The van der Waals surface area contributed by atoms with Crippen LogP contribution in [0.25, 0.3) is 0 Å². The van der Waals surface area contributed by atoms with Gasteiger partial charge in [-0.15, -0.1) is 0 Å². The van der Waals surface area contributed by atoms with Crippen LogP contribution >= 0.6 is 0 Å². The fourth-order valence-corrected chi connectivity index (χ4v) is 9.21. The molecule has 0 aromatic rings. The van der Waals surface area contributed by atoms with E-state index in [1.54, 1.807) is 26.2 Å². The highest BCUT2D eigenvalue weighted by atomic mass is 16.7. The first-order valence-corrected chi connectivity index (χ1v) is 20.6. The van der Waals surface area contributed by atoms with Crippen LogP contribution in [0.15, 0.2) is 33.7 Å². The van der Waals surface area contributed by atoms with Crippen LogP contribution in [0.4, 0.5) is 0 Å². The second-order valence-corrected chi connectivity index (χ2v) is 17.4. The Bertz CT molecular complexity index is 1490. The summed E-state index contributed by atoms with van der Waals surface area (Å²) < 4.78 is 49.1. The van der Waals surface area contributed by atoms with Gasteiger partial charge in [-0.05, 0) is 65.8 Å². The minimum absolute atomic E-state index is 0.140. The van der Waals surface area contributed by atoms with Crippen molar-refractivity contribution in [1.29, 1.82) is 0 Å². The maximum atomic E-state index is 11.9. The first-order valence-electron chi connectivity index (χ1n) is 20.6. The molecule has 5 heterocycles. The van der Waals surface area contributed by atoms with E-state index in [2.05, 4.69) is 10.6 Å². The topological polar surface area (TPSA) is 348 Å². The van der Waals surface area contributed by atoms with Gasteiger partial charge in [0.1, 0.15) is 71.6 Å². The Morgan fingerprint density at radius 2 is 1.02 bits per heavy atom. The number of aliphatic hydroxyl groups is 6. The van der Waals surface area contributed by atoms with Gasteiger partial charge in [-0.3, -0.25) is 9.98 Å². The van der Waals surface area contributed by atoms with E-state index in [0.717, 1.165) is 0 Å². The number of ether oxygens (including phenoxy) is 8. The minimum Gasteiger partial charge on any atom is -0.462 e. The Hall–Kier alpha value is -2.30. The molecular formula is C38H64N8O14. The molecule has 22 unspecified atom stereocenters. The summed E-state index contributed by atoms with van der Waals surface area (Å²) in [6.45, 7) is 2.75. The Morgan fingerprint density at radius 3 is 1.38 bits per heavy atom. The average Bonchev–Trinajstić information content (AvgIpc) is 3.19. The Kier molecular flexibility index (Phi) is 14.0. The lowest BCUT2D eigenvalue weighted by Gasteiger charge is -2.48. The maximum Gasteiger partial charge on any atom is 0.215 e. The van der Waals surface area contributed by atoms with Gasteiger partial charge in [0.05, 0.1) is 61.9 Å². The highest BCUT2D eigenvalue weighted by Gasteiger charge is 2.53. The molecule has 0 aromatic carbocycles. The third-order valence-corrected chi connectivity index (χ3v) is 12.6. The average molecular weight is 857 g/mol. The first kappa shape index (κ1) is 45.7. The Morgan fingerprint density at radius 1 is 0.633 bits per heavy atom. The molecule has 7 rings (SSSR count). The third-order valence-electron chi connectivity index (χ3n) is 12.6. The number of allylic oxidation sites excluding steroid dienone is 2. The van der Waals surface area contributed by atoms with Crippen LogP contribution in [0, 0.1) is 0 Å². The van der Waals surface area contributed by atoms with Crippen molar-refractivity contribution in [1.82, 2.24) is 10.6 Å². The molecule has 0 amide bonds. The summed E-state index contributed by atoms with van der Waals surface area (Å²) in [6.07, 6.45) is -7.30. The fourth-order valence-electron chi connectivity index (χ4n) is 9.21. The van der Waals surface area contributed by atoms with Gasteiger partial charge < -0.3 is 102 Å². The number of likely N-dealkylation sites (N-methyl/N-ethyl adjacent to an activating group) is 2. The SMILES string of the molecule is CNC1C(O)C(OC2C(N)CC3N=CC4=CCC(N)C(O4)OC4C(CC(N)C(OC5OCC(C)(O)C(NC)C5O)C4O)N=CC4=CCC(N)C(O4)OC3C2O)OCC1(C)O. The van der Waals surface area contributed by atoms with Crippen molar-refractivity contribution >= 4 is 12.4 Å². The molecule has 60 heavy (non-hydrogen) atoms. The molecule has 0 aromatic heterocycles. The monoisotopic (exact) mass is 856 g/mol. The quantitative estimate of drug-likeness (QED) is 0.119. The van der Waals surface area contributed by atoms with E-state index in [1.807, 2.05) is 0 Å². The summed E-state index contributed by atoms with van der Waals surface area (Å²) >= 11 is 0. The molecule has 22 heteroatoms. The van der Waals surface area contributed by atoms with Crippen molar-refractivity contribution in [2.24, 2.45) is 32.9 Å². The number of aliphatic imine (C=N–C) groups is 2. The van der Waals surface area contributed by atoms with E-state index < -0.39 is 134 Å². The molecule has 7 aliphatic rings. The van der Waals surface area contributed by atoms with Gasteiger partial charge in [0.25, 0.3) is 0 Å². The molecule has 5 aliphatic heterocycles. The summed E-state index contributed by atoms with van der Waals surface area (Å²) in [5.41, 5.74) is 23.5. The lowest BCUT2D eigenvalue weighted by atomic mass is 9.83. The summed E-state index contributed by atoms with van der Waals surface area (Å²) in [6, 6.07) is -6.16. The fraction of sp³-hybridized carbons (Fsp3) is 0.842. The van der Waals surface area contributed by atoms with Crippen molar-refractivity contribution in [3.63, 3.8) is 0 Å². The number of fused-ring (bicyclic) bond motifs is 6. The van der Waals surface area contributed by atoms with Crippen LogP contribution in [-0.4, -0.2) is 204 Å². The predicted octanol–water partition coefficient (Wildman–Crippen LogP) is -5.37. The van der Waals surface area contributed by atoms with E-state index in [9.17, 15) is 30.6 Å². The highest BCUT2D eigenvalue weighted by Crippen LogP contribution is 2.36. The van der Waals surface area contributed by atoms with E-state index in [4.69, 9.17) is 70.8 Å². The van der Waals surface area contributed by atoms with Crippen molar-refractivity contribution in [2.75, 3.05) is 27.3 Å². The zero-order chi connectivity index (χ0) is 43.3. The van der Waals surface area contributed by atoms with Crippen molar-refractivity contribution in [3.8, 4) is 0 Å². The normalized spacial score (nSPS) is 51.2. The van der Waals surface area contributed by atoms with Gasteiger partial charge in [0, 0.05) is 12.1 Å². The molecule has 16 N–H and O–H groups in total. The van der Waals surface area contributed by atoms with E-state index in [1.165, 1.54) is 26.3 Å². The number of nitrogens with two attached hydrogens (primary N) is 4. The molecule has 2 saturated heterocycles. The summed E-state index contributed by atoms with van der Waals surface area (Å²) in [7, 11) is 3.20. The van der Waals surface area contributed by atoms with E-state index >= 15 is 0 Å². The Labute approximate surface area is 348 Å². The van der Waals surface area contributed by atoms with Crippen LogP contribution in [0.1, 0.15) is 39.5 Å². The molecule has 2 aliphatic carbocycles. The number of aliphatic hydroxyl groups excluding tert-OH is 4. The van der Waals surface area contributed by atoms with Crippen molar-refractivity contribution < 1.29 is 68.5 Å². The second kappa shape index (κ2) is 18.4. The minimum atomic E-state index is -1.43. The van der Waals surface area contributed by atoms with Gasteiger partial charge in [-0.25, -0.2) is 0 Å². The van der Waals surface area contributed by atoms with Gasteiger partial charge in [0.15, 0.2) is 12.6 Å². The van der Waals surface area contributed by atoms with Crippen LogP contribution in [-0.2, 0) is 37.9 Å². The van der Waals surface area contributed by atoms with Crippen LogP contribution in [0.2, 0.25) is 0 Å². The van der Waals surface area contributed by atoms with Gasteiger partial charge in [-0.2, -0.15) is 0 Å². The van der Waals surface area contributed by atoms with Crippen molar-refractivity contribution in [3.05, 3.63) is 23.7 Å². The maximum absolute atomic E-state index is 11.9. The number of nitrogens with one attached hydrogen (secondary N) is 2. The molecule has 22 nitrogen and oxygen atoms in total. The zero-order valence-corrected chi connectivity index (χ0v) is 34.3. The lowest BCUT2D eigenvalue weighted by molar-refractivity contribution is -0.303. The molecule has 0 radical (unpaired) electrons. The molecule has 4 fully saturated rings. The standard InChI is InChI=1S/C38H64N8O14/c1-37(51)13-53-35(25(49)31(37)43-3)57-27-19(41)9-21-29(23(27)47)59-33-17(39)7-5-16(55-33)12-46-22-10-20(42)28(58-36-26(50)32(44-4)38(2,52)14-54-36)24(48)30(22)60-34-18(40)8-6-15(56-34)11-45-21/h5-6,11-12,17-36,43-44,47-52H,7-10,13-14,39-42H2,1-4H3. The molecule has 22 atom stereocenters. The molecule has 4 bridgehead atoms. The Balaban J connectivity index is 1.14.